The van der Waals surface area contributed by atoms with E-state index in [4.69, 9.17) is 0 Å². The Morgan fingerprint density at radius 2 is 2.10 bits per heavy atom. The van der Waals surface area contributed by atoms with Crippen LogP contribution in [-0.4, -0.2) is 22.4 Å². The van der Waals surface area contributed by atoms with E-state index in [2.05, 4.69) is 10.6 Å². The quantitative estimate of drug-likeness (QED) is 0.904. The van der Waals surface area contributed by atoms with E-state index in [9.17, 15) is 14.0 Å². The Labute approximate surface area is 120 Å². The third kappa shape index (κ3) is 2.79. The lowest BCUT2D eigenvalue weighted by Crippen LogP contribution is -2.37. The Kier molecular flexibility index (Phi) is 3.43. The second-order valence-electron chi connectivity index (χ2n) is 4.90. The van der Waals surface area contributed by atoms with E-state index in [1.165, 1.54) is 6.07 Å². The summed E-state index contributed by atoms with van der Waals surface area (Å²) < 4.78 is 15.6. The van der Waals surface area contributed by atoms with Gasteiger partial charge in [0.2, 0.25) is 11.8 Å². The lowest BCUT2D eigenvalue weighted by atomic mass is 10.2. The van der Waals surface area contributed by atoms with Gasteiger partial charge >= 0.3 is 0 Å². The maximum atomic E-state index is 13.8. The van der Waals surface area contributed by atoms with Gasteiger partial charge in [0, 0.05) is 24.5 Å². The van der Waals surface area contributed by atoms with Gasteiger partial charge in [0.25, 0.3) is 0 Å². The fraction of sp³-hybridized carbons (Fsp3) is 0.200. The molecule has 1 aromatic heterocycles. The van der Waals surface area contributed by atoms with E-state index in [0.717, 1.165) is 5.69 Å². The van der Waals surface area contributed by atoms with Crippen molar-refractivity contribution in [2.24, 2.45) is 0 Å². The van der Waals surface area contributed by atoms with E-state index in [0.29, 0.717) is 12.8 Å². The predicted octanol–water partition coefficient (Wildman–Crippen LogP) is 1.83. The molecule has 1 fully saturated rings. The monoisotopic (exact) mass is 287 g/mol. The highest BCUT2D eigenvalue weighted by molar-refractivity contribution is 5.99. The van der Waals surface area contributed by atoms with Gasteiger partial charge in [-0.3, -0.25) is 9.59 Å². The zero-order valence-electron chi connectivity index (χ0n) is 11.2. The second kappa shape index (κ2) is 5.40. The molecule has 2 amide bonds. The molecular weight excluding hydrogens is 273 g/mol. The van der Waals surface area contributed by atoms with Crippen LogP contribution in [-0.2, 0) is 9.59 Å². The van der Waals surface area contributed by atoms with Gasteiger partial charge in [-0.05, 0) is 36.8 Å². The highest BCUT2D eigenvalue weighted by Crippen LogP contribution is 2.20. The molecule has 2 aromatic rings. The molecule has 1 aliphatic rings. The van der Waals surface area contributed by atoms with Crippen molar-refractivity contribution >= 4 is 17.5 Å². The van der Waals surface area contributed by atoms with Crippen LogP contribution in [0.25, 0.3) is 5.69 Å². The van der Waals surface area contributed by atoms with Crippen LogP contribution in [0.3, 0.4) is 0 Å². The summed E-state index contributed by atoms with van der Waals surface area (Å²) in [6.45, 7) is 0. The van der Waals surface area contributed by atoms with Crippen LogP contribution in [0.4, 0.5) is 10.1 Å². The third-order valence-electron chi connectivity index (χ3n) is 3.42. The van der Waals surface area contributed by atoms with E-state index in [-0.39, 0.29) is 11.6 Å². The van der Waals surface area contributed by atoms with Crippen molar-refractivity contribution in [1.82, 2.24) is 9.88 Å². The standard InChI is InChI=1S/C15H14FN3O2/c16-11-4-3-10(19-7-1-2-8-19)9-13(11)18-15(21)12-5-6-14(20)17-12/h1-4,7-9,12H,5-6H2,(H,17,20)(H,18,21)/t12-/m1/s1. The molecule has 1 atom stereocenters. The highest BCUT2D eigenvalue weighted by Gasteiger charge is 2.27. The van der Waals surface area contributed by atoms with Crippen molar-refractivity contribution in [3.05, 3.63) is 48.5 Å². The summed E-state index contributed by atoms with van der Waals surface area (Å²) in [4.78, 5) is 23.1. The normalized spacial score (nSPS) is 17.6. The molecule has 3 rings (SSSR count). The average Bonchev–Trinajstić information content (AvgIpc) is 3.12. The van der Waals surface area contributed by atoms with Crippen molar-refractivity contribution in [2.75, 3.05) is 5.32 Å². The summed E-state index contributed by atoms with van der Waals surface area (Å²) in [5.74, 6) is -1.07. The van der Waals surface area contributed by atoms with E-state index >= 15 is 0 Å². The summed E-state index contributed by atoms with van der Waals surface area (Å²) >= 11 is 0. The van der Waals surface area contributed by atoms with Crippen molar-refractivity contribution in [2.45, 2.75) is 18.9 Å². The van der Waals surface area contributed by atoms with Crippen LogP contribution in [0.2, 0.25) is 0 Å². The molecule has 0 bridgehead atoms. The van der Waals surface area contributed by atoms with Crippen LogP contribution >= 0.6 is 0 Å². The Morgan fingerprint density at radius 1 is 1.33 bits per heavy atom. The molecule has 1 aromatic carbocycles. The third-order valence-corrected chi connectivity index (χ3v) is 3.42. The Hall–Kier alpha value is -2.63. The fourth-order valence-corrected chi connectivity index (χ4v) is 2.31. The summed E-state index contributed by atoms with van der Waals surface area (Å²) in [5.41, 5.74) is 0.847. The molecule has 1 aliphatic heterocycles. The van der Waals surface area contributed by atoms with Crippen LogP contribution in [0.1, 0.15) is 12.8 Å². The Morgan fingerprint density at radius 3 is 2.76 bits per heavy atom. The van der Waals surface area contributed by atoms with Gasteiger partial charge in [-0.1, -0.05) is 0 Å². The van der Waals surface area contributed by atoms with Gasteiger partial charge < -0.3 is 15.2 Å². The van der Waals surface area contributed by atoms with Crippen molar-refractivity contribution in [1.29, 1.82) is 0 Å². The van der Waals surface area contributed by atoms with Crippen LogP contribution in [0.5, 0.6) is 0 Å². The molecule has 0 radical (unpaired) electrons. The van der Waals surface area contributed by atoms with Crippen molar-refractivity contribution in [3.8, 4) is 5.69 Å². The molecule has 0 aliphatic carbocycles. The number of nitrogens with one attached hydrogen (secondary N) is 2. The maximum absolute atomic E-state index is 13.8. The van der Waals surface area contributed by atoms with E-state index in [1.807, 2.05) is 29.1 Å². The number of halogens is 1. The average molecular weight is 287 g/mol. The molecule has 108 valence electrons. The first kappa shape index (κ1) is 13.4. The number of hydrogen-bond acceptors (Lipinski definition) is 2. The molecule has 6 heteroatoms. The largest absolute Gasteiger partial charge is 0.344 e. The maximum Gasteiger partial charge on any atom is 0.247 e. The molecule has 2 N–H and O–H groups in total. The van der Waals surface area contributed by atoms with Crippen LogP contribution in [0.15, 0.2) is 42.7 Å². The number of carbonyl (C=O) groups excluding carboxylic acids is 2. The molecular formula is C15H14FN3O2. The minimum atomic E-state index is -0.591. The number of benzene rings is 1. The van der Waals surface area contributed by atoms with Gasteiger partial charge in [-0.25, -0.2) is 4.39 Å². The lowest BCUT2D eigenvalue weighted by molar-refractivity contribution is -0.122. The van der Waals surface area contributed by atoms with E-state index in [1.54, 1.807) is 12.1 Å². The SMILES string of the molecule is O=C1CC[C@H](C(=O)Nc2cc(-n3cccc3)ccc2F)N1. The fourth-order valence-electron chi connectivity index (χ4n) is 2.31. The predicted molar refractivity (Wildman–Crippen MR) is 75.5 cm³/mol. The summed E-state index contributed by atoms with van der Waals surface area (Å²) in [6, 6.07) is 7.61. The minimum Gasteiger partial charge on any atom is -0.344 e. The van der Waals surface area contributed by atoms with Gasteiger partial charge in [-0.15, -0.1) is 0 Å². The summed E-state index contributed by atoms with van der Waals surface area (Å²) in [7, 11) is 0. The van der Waals surface area contributed by atoms with Gasteiger partial charge in [0.05, 0.1) is 5.69 Å². The first-order chi connectivity index (χ1) is 10.1. The summed E-state index contributed by atoms with van der Waals surface area (Å²) in [5, 5.41) is 5.09. The van der Waals surface area contributed by atoms with Gasteiger partial charge in [0.1, 0.15) is 11.9 Å². The first-order valence-corrected chi connectivity index (χ1v) is 6.66. The number of hydrogen-bond donors (Lipinski definition) is 2. The van der Waals surface area contributed by atoms with Crippen LogP contribution < -0.4 is 10.6 Å². The summed E-state index contributed by atoms with van der Waals surface area (Å²) in [6.07, 6.45) is 4.42. The molecule has 2 heterocycles. The number of aromatic nitrogens is 1. The van der Waals surface area contributed by atoms with E-state index < -0.39 is 17.8 Å². The molecule has 0 unspecified atom stereocenters. The zero-order valence-corrected chi connectivity index (χ0v) is 11.2. The first-order valence-electron chi connectivity index (χ1n) is 6.66. The molecule has 5 nitrogen and oxygen atoms in total. The number of carbonyl (C=O) groups is 2. The number of nitrogens with zero attached hydrogens (tertiary/aromatic N) is 1. The minimum absolute atomic E-state index is 0.104. The molecule has 1 saturated heterocycles. The van der Waals surface area contributed by atoms with Crippen molar-refractivity contribution in [3.63, 3.8) is 0 Å². The zero-order chi connectivity index (χ0) is 14.8. The topological polar surface area (TPSA) is 63.1 Å². The molecule has 0 saturated carbocycles. The van der Waals surface area contributed by atoms with Gasteiger partial charge in [-0.2, -0.15) is 0 Å². The highest BCUT2D eigenvalue weighted by atomic mass is 19.1. The smallest absolute Gasteiger partial charge is 0.247 e. The van der Waals surface area contributed by atoms with Crippen LogP contribution in [0, 0.1) is 5.82 Å². The number of amides is 2. The van der Waals surface area contributed by atoms with Crippen molar-refractivity contribution < 1.29 is 14.0 Å². The molecule has 0 spiro atoms. The number of anilines is 1. The Bertz CT molecular complexity index is 682. The lowest BCUT2D eigenvalue weighted by Gasteiger charge is -2.13. The van der Waals surface area contributed by atoms with Gasteiger partial charge in [0.15, 0.2) is 0 Å². The second-order valence-corrected chi connectivity index (χ2v) is 4.90. The molecule has 21 heavy (non-hydrogen) atoms. The number of rotatable bonds is 3. The Balaban J connectivity index is 1.80.